The van der Waals surface area contributed by atoms with Crippen molar-refractivity contribution < 1.29 is 0 Å². The molecule has 5 heteroatoms. The van der Waals surface area contributed by atoms with Crippen molar-refractivity contribution in [3.8, 4) is 0 Å². The molecule has 0 bridgehead atoms. The standard InChI is InChI=1S/C12H16N4O/c1-9-6-11-12(17)15(4-5-16(11)14-9)3-2-10-7-13-8-10/h4-6,10,13H,2-3,7-8H2,1H3. The summed E-state index contributed by atoms with van der Waals surface area (Å²) in [5, 5.41) is 7.47. The van der Waals surface area contributed by atoms with Crippen LogP contribution in [0.5, 0.6) is 0 Å². The van der Waals surface area contributed by atoms with E-state index in [2.05, 4.69) is 10.4 Å². The van der Waals surface area contributed by atoms with Gasteiger partial charge in [-0.15, -0.1) is 0 Å². The lowest BCUT2D eigenvalue weighted by Gasteiger charge is -2.27. The molecule has 2 aromatic heterocycles. The molecule has 0 unspecified atom stereocenters. The molecule has 2 aromatic rings. The Bertz CT molecular complexity index is 594. The van der Waals surface area contributed by atoms with Gasteiger partial charge in [-0.1, -0.05) is 0 Å². The summed E-state index contributed by atoms with van der Waals surface area (Å²) in [5.41, 5.74) is 1.60. The quantitative estimate of drug-likeness (QED) is 0.834. The Morgan fingerprint density at radius 2 is 2.29 bits per heavy atom. The molecule has 1 saturated heterocycles. The van der Waals surface area contributed by atoms with E-state index in [-0.39, 0.29) is 5.56 Å². The third-order valence-electron chi connectivity index (χ3n) is 3.37. The first-order valence-electron chi connectivity index (χ1n) is 6.00. The van der Waals surface area contributed by atoms with E-state index in [0.717, 1.165) is 37.7 Å². The molecule has 5 nitrogen and oxygen atoms in total. The predicted molar refractivity (Wildman–Crippen MR) is 65.2 cm³/mol. The molecular formula is C12H16N4O. The van der Waals surface area contributed by atoms with Crippen molar-refractivity contribution >= 4 is 5.52 Å². The summed E-state index contributed by atoms with van der Waals surface area (Å²) in [5.74, 6) is 0.727. The molecule has 3 rings (SSSR count). The summed E-state index contributed by atoms with van der Waals surface area (Å²) in [6.07, 6.45) is 4.74. The third-order valence-corrected chi connectivity index (χ3v) is 3.37. The second-order valence-electron chi connectivity index (χ2n) is 4.73. The molecule has 0 atom stereocenters. The van der Waals surface area contributed by atoms with E-state index in [0.29, 0.717) is 5.52 Å². The van der Waals surface area contributed by atoms with E-state index in [4.69, 9.17) is 0 Å². The van der Waals surface area contributed by atoms with Gasteiger partial charge in [-0.25, -0.2) is 4.52 Å². The number of nitrogens with zero attached hydrogens (tertiary/aromatic N) is 3. The number of aryl methyl sites for hydroxylation is 2. The fourth-order valence-electron chi connectivity index (χ4n) is 2.20. The molecule has 3 heterocycles. The van der Waals surface area contributed by atoms with Crippen LogP contribution in [0.1, 0.15) is 12.1 Å². The van der Waals surface area contributed by atoms with Crippen LogP contribution in [0.3, 0.4) is 0 Å². The largest absolute Gasteiger partial charge is 0.316 e. The van der Waals surface area contributed by atoms with Gasteiger partial charge in [0.05, 0.1) is 5.69 Å². The molecule has 0 aliphatic carbocycles. The van der Waals surface area contributed by atoms with Crippen molar-refractivity contribution in [1.29, 1.82) is 0 Å². The second kappa shape index (κ2) is 4.00. The molecule has 1 fully saturated rings. The highest BCUT2D eigenvalue weighted by atomic mass is 16.1. The smallest absolute Gasteiger partial charge is 0.276 e. The van der Waals surface area contributed by atoms with Crippen LogP contribution in [-0.2, 0) is 6.54 Å². The van der Waals surface area contributed by atoms with Crippen LogP contribution in [0.2, 0.25) is 0 Å². The molecule has 0 amide bonds. The van der Waals surface area contributed by atoms with Gasteiger partial charge in [-0.05, 0) is 38.4 Å². The zero-order chi connectivity index (χ0) is 11.8. The SMILES string of the molecule is Cc1cc2c(=O)n(CCC3CNC3)ccn2n1. The summed E-state index contributed by atoms with van der Waals surface area (Å²) in [7, 11) is 0. The third kappa shape index (κ3) is 1.86. The van der Waals surface area contributed by atoms with Gasteiger partial charge >= 0.3 is 0 Å². The van der Waals surface area contributed by atoms with Crippen molar-refractivity contribution in [2.45, 2.75) is 19.9 Å². The zero-order valence-corrected chi connectivity index (χ0v) is 9.89. The molecule has 17 heavy (non-hydrogen) atoms. The number of rotatable bonds is 3. The Morgan fingerprint density at radius 1 is 1.47 bits per heavy atom. The van der Waals surface area contributed by atoms with Crippen molar-refractivity contribution in [3.63, 3.8) is 0 Å². The van der Waals surface area contributed by atoms with Gasteiger partial charge in [-0.3, -0.25) is 4.79 Å². The first-order chi connectivity index (χ1) is 8.24. The van der Waals surface area contributed by atoms with Crippen molar-refractivity contribution in [3.05, 3.63) is 34.5 Å². The molecule has 0 spiro atoms. The monoisotopic (exact) mass is 232 g/mol. The Morgan fingerprint density at radius 3 is 3.00 bits per heavy atom. The van der Waals surface area contributed by atoms with Gasteiger partial charge in [-0.2, -0.15) is 5.10 Å². The van der Waals surface area contributed by atoms with Gasteiger partial charge in [0.2, 0.25) is 0 Å². The second-order valence-corrected chi connectivity index (χ2v) is 4.73. The van der Waals surface area contributed by atoms with Crippen LogP contribution >= 0.6 is 0 Å². The maximum atomic E-state index is 12.1. The average molecular weight is 232 g/mol. The highest BCUT2D eigenvalue weighted by Gasteiger charge is 2.16. The molecule has 0 aromatic carbocycles. The van der Waals surface area contributed by atoms with Crippen LogP contribution < -0.4 is 10.9 Å². The summed E-state index contributed by atoms with van der Waals surface area (Å²) in [4.78, 5) is 12.1. The van der Waals surface area contributed by atoms with Crippen LogP contribution in [-0.4, -0.2) is 27.3 Å². The lowest BCUT2D eigenvalue weighted by atomic mass is 10.00. The number of nitrogens with one attached hydrogen (secondary N) is 1. The molecule has 1 aliphatic heterocycles. The van der Waals surface area contributed by atoms with Crippen LogP contribution in [0.4, 0.5) is 0 Å². The highest BCUT2D eigenvalue weighted by Crippen LogP contribution is 2.09. The minimum Gasteiger partial charge on any atom is -0.316 e. The lowest BCUT2D eigenvalue weighted by Crippen LogP contribution is -2.42. The Hall–Kier alpha value is -1.62. The number of hydrogen-bond donors (Lipinski definition) is 1. The maximum absolute atomic E-state index is 12.1. The Balaban J connectivity index is 1.88. The molecule has 1 aliphatic rings. The summed E-state index contributed by atoms with van der Waals surface area (Å²) in [6.45, 7) is 4.87. The average Bonchev–Trinajstić information content (AvgIpc) is 2.61. The predicted octanol–water partition coefficient (Wildman–Crippen LogP) is 0.414. The van der Waals surface area contributed by atoms with Gasteiger partial charge < -0.3 is 9.88 Å². The van der Waals surface area contributed by atoms with Crippen molar-refractivity contribution in [2.24, 2.45) is 5.92 Å². The maximum Gasteiger partial charge on any atom is 0.276 e. The fourth-order valence-corrected chi connectivity index (χ4v) is 2.20. The highest BCUT2D eigenvalue weighted by molar-refractivity contribution is 5.44. The number of fused-ring (bicyclic) bond motifs is 1. The topological polar surface area (TPSA) is 51.3 Å². The zero-order valence-electron chi connectivity index (χ0n) is 9.89. The number of hydrogen-bond acceptors (Lipinski definition) is 3. The molecule has 0 radical (unpaired) electrons. The first-order valence-corrected chi connectivity index (χ1v) is 6.00. The summed E-state index contributed by atoms with van der Waals surface area (Å²) < 4.78 is 3.44. The summed E-state index contributed by atoms with van der Waals surface area (Å²) in [6, 6.07) is 1.84. The lowest BCUT2D eigenvalue weighted by molar-refractivity contribution is 0.310. The Labute approximate surface area is 99.1 Å². The van der Waals surface area contributed by atoms with E-state index in [9.17, 15) is 4.79 Å². The first kappa shape index (κ1) is 10.5. The Kier molecular flexibility index (Phi) is 2.48. The molecule has 90 valence electrons. The van der Waals surface area contributed by atoms with E-state index >= 15 is 0 Å². The van der Waals surface area contributed by atoms with E-state index in [1.165, 1.54) is 0 Å². The van der Waals surface area contributed by atoms with Gasteiger partial charge in [0.15, 0.2) is 0 Å². The summed E-state index contributed by atoms with van der Waals surface area (Å²) >= 11 is 0. The molecule has 1 N–H and O–H groups in total. The number of aromatic nitrogens is 3. The molecule has 0 saturated carbocycles. The van der Waals surface area contributed by atoms with Crippen molar-refractivity contribution in [2.75, 3.05) is 13.1 Å². The normalized spacial score (nSPS) is 16.3. The van der Waals surface area contributed by atoms with E-state index in [1.807, 2.05) is 25.4 Å². The fraction of sp³-hybridized carbons (Fsp3) is 0.500. The van der Waals surface area contributed by atoms with Gasteiger partial charge in [0, 0.05) is 18.9 Å². The molecular weight excluding hydrogens is 216 g/mol. The van der Waals surface area contributed by atoms with E-state index < -0.39 is 0 Å². The minimum atomic E-state index is 0.0559. The minimum absolute atomic E-state index is 0.0559. The van der Waals surface area contributed by atoms with Gasteiger partial charge in [0.1, 0.15) is 5.52 Å². The van der Waals surface area contributed by atoms with Gasteiger partial charge in [0.25, 0.3) is 5.56 Å². The van der Waals surface area contributed by atoms with Crippen LogP contribution in [0.25, 0.3) is 5.52 Å². The van der Waals surface area contributed by atoms with Crippen LogP contribution in [0.15, 0.2) is 23.3 Å². The van der Waals surface area contributed by atoms with Crippen LogP contribution in [0, 0.1) is 12.8 Å². The van der Waals surface area contributed by atoms with Crippen molar-refractivity contribution in [1.82, 2.24) is 19.5 Å². The van der Waals surface area contributed by atoms with E-state index in [1.54, 1.807) is 9.08 Å².